The summed E-state index contributed by atoms with van der Waals surface area (Å²) in [6, 6.07) is -0.350. The maximum Gasteiger partial charge on any atom is 0.320 e. The van der Waals surface area contributed by atoms with Gasteiger partial charge in [-0.05, 0) is 46.8 Å². The van der Waals surface area contributed by atoms with Crippen LogP contribution in [0.2, 0.25) is 0 Å². The fraction of sp³-hybridized carbons (Fsp3) is 0.917. The lowest BCUT2D eigenvalue weighted by atomic mass is 9.75. The number of carbonyl (C=O) groups is 1. The highest BCUT2D eigenvalue weighted by Gasteiger charge is 2.41. The second-order valence-electron chi connectivity index (χ2n) is 5.15. The van der Waals surface area contributed by atoms with E-state index in [1.165, 1.54) is 19.3 Å². The van der Waals surface area contributed by atoms with Crippen molar-refractivity contribution in [3.63, 3.8) is 0 Å². The Morgan fingerprint density at radius 3 is 2.19 bits per heavy atom. The van der Waals surface area contributed by atoms with Gasteiger partial charge in [0, 0.05) is 12.1 Å². The van der Waals surface area contributed by atoms with Gasteiger partial charge in [0.25, 0.3) is 0 Å². The van der Waals surface area contributed by atoms with E-state index in [0.29, 0.717) is 6.42 Å². The van der Waals surface area contributed by atoms with E-state index < -0.39 is 5.97 Å². The van der Waals surface area contributed by atoms with Gasteiger partial charge in [0.05, 0.1) is 0 Å². The summed E-state index contributed by atoms with van der Waals surface area (Å²) in [5, 5.41) is 9.11. The van der Waals surface area contributed by atoms with Gasteiger partial charge in [-0.3, -0.25) is 9.69 Å². The molecule has 0 aromatic heterocycles. The third-order valence-electron chi connectivity index (χ3n) is 3.98. The van der Waals surface area contributed by atoms with Crippen LogP contribution in [0.15, 0.2) is 0 Å². The summed E-state index contributed by atoms with van der Waals surface area (Å²) in [6.07, 6.45) is 4.28. The van der Waals surface area contributed by atoms with Crippen LogP contribution >= 0.6 is 0 Å². The standard InChI is InChI=1S/C12H24N2O2/c1-5-10(11(15)16)14(4)9-12(13(2)3)7-6-8-12/h10H,5-9H2,1-4H3,(H,15,16). The van der Waals surface area contributed by atoms with E-state index in [0.717, 1.165) is 6.54 Å². The highest BCUT2D eigenvalue weighted by atomic mass is 16.4. The minimum atomic E-state index is -0.710. The average Bonchev–Trinajstić information content (AvgIpc) is 2.11. The Labute approximate surface area is 98.2 Å². The van der Waals surface area contributed by atoms with Gasteiger partial charge in [0.15, 0.2) is 0 Å². The molecule has 1 atom stereocenters. The molecule has 1 aliphatic carbocycles. The summed E-state index contributed by atoms with van der Waals surface area (Å²) in [5.41, 5.74) is 0.206. The molecule has 0 amide bonds. The van der Waals surface area contributed by atoms with Crippen molar-refractivity contribution in [3.8, 4) is 0 Å². The number of carboxylic acids is 1. The van der Waals surface area contributed by atoms with E-state index in [-0.39, 0.29) is 11.6 Å². The van der Waals surface area contributed by atoms with Crippen molar-refractivity contribution in [2.24, 2.45) is 0 Å². The number of hydrogen-bond acceptors (Lipinski definition) is 3. The molecule has 1 unspecified atom stereocenters. The normalized spacial score (nSPS) is 20.9. The molecule has 0 saturated heterocycles. The number of carboxylic acid groups (broad SMARTS) is 1. The van der Waals surface area contributed by atoms with Gasteiger partial charge in [-0.1, -0.05) is 6.92 Å². The van der Waals surface area contributed by atoms with Crippen LogP contribution < -0.4 is 0 Å². The first kappa shape index (κ1) is 13.5. The fourth-order valence-electron chi connectivity index (χ4n) is 2.58. The van der Waals surface area contributed by atoms with E-state index in [1.807, 2.05) is 18.9 Å². The Morgan fingerprint density at radius 2 is 1.94 bits per heavy atom. The summed E-state index contributed by atoms with van der Waals surface area (Å²) in [5.74, 6) is -0.710. The first-order valence-electron chi connectivity index (χ1n) is 6.03. The summed E-state index contributed by atoms with van der Waals surface area (Å²) in [4.78, 5) is 15.3. The van der Waals surface area contributed by atoms with Crippen LogP contribution in [0.5, 0.6) is 0 Å². The molecule has 1 fully saturated rings. The molecule has 0 heterocycles. The summed E-state index contributed by atoms with van der Waals surface area (Å²) >= 11 is 0. The van der Waals surface area contributed by atoms with Gasteiger partial charge in [-0.25, -0.2) is 0 Å². The second kappa shape index (κ2) is 5.15. The molecule has 16 heavy (non-hydrogen) atoms. The van der Waals surface area contributed by atoms with E-state index in [2.05, 4.69) is 19.0 Å². The van der Waals surface area contributed by atoms with Crippen molar-refractivity contribution in [3.05, 3.63) is 0 Å². The SMILES string of the molecule is CCC(C(=O)O)N(C)CC1(N(C)C)CCC1. The van der Waals surface area contributed by atoms with Crippen molar-refractivity contribution >= 4 is 5.97 Å². The molecule has 1 N–H and O–H groups in total. The number of aliphatic carboxylic acids is 1. The van der Waals surface area contributed by atoms with Gasteiger partial charge < -0.3 is 10.0 Å². The Hall–Kier alpha value is -0.610. The number of nitrogens with zero attached hydrogens (tertiary/aromatic N) is 2. The van der Waals surface area contributed by atoms with E-state index in [1.54, 1.807) is 0 Å². The predicted molar refractivity (Wildman–Crippen MR) is 64.6 cm³/mol. The largest absolute Gasteiger partial charge is 0.480 e. The monoisotopic (exact) mass is 228 g/mol. The molecule has 1 aliphatic rings. The molecule has 0 aromatic carbocycles. The zero-order valence-electron chi connectivity index (χ0n) is 10.9. The first-order chi connectivity index (χ1) is 7.43. The fourth-order valence-corrected chi connectivity index (χ4v) is 2.58. The summed E-state index contributed by atoms with van der Waals surface area (Å²) < 4.78 is 0. The Kier molecular flexibility index (Phi) is 4.33. The van der Waals surface area contributed by atoms with Crippen LogP contribution in [0, 0.1) is 0 Å². The molecule has 0 aromatic rings. The zero-order chi connectivity index (χ0) is 12.3. The summed E-state index contributed by atoms with van der Waals surface area (Å²) in [7, 11) is 6.11. The van der Waals surface area contributed by atoms with Gasteiger partial charge in [0.2, 0.25) is 0 Å². The molecule has 0 bridgehead atoms. The molecule has 0 spiro atoms. The number of hydrogen-bond donors (Lipinski definition) is 1. The van der Waals surface area contributed by atoms with Crippen molar-refractivity contribution in [2.45, 2.75) is 44.2 Å². The van der Waals surface area contributed by atoms with Gasteiger partial charge in [-0.15, -0.1) is 0 Å². The molecule has 0 radical (unpaired) electrons. The zero-order valence-corrected chi connectivity index (χ0v) is 10.9. The maximum atomic E-state index is 11.1. The molecule has 0 aliphatic heterocycles. The van der Waals surface area contributed by atoms with Crippen LogP contribution in [0.25, 0.3) is 0 Å². The number of likely N-dealkylation sites (N-methyl/N-ethyl adjacent to an activating group) is 2. The lowest BCUT2D eigenvalue weighted by Crippen LogP contribution is -2.58. The third kappa shape index (κ3) is 2.55. The second-order valence-corrected chi connectivity index (χ2v) is 5.15. The summed E-state index contributed by atoms with van der Waals surface area (Å²) in [6.45, 7) is 2.78. The highest BCUT2D eigenvalue weighted by molar-refractivity contribution is 5.73. The van der Waals surface area contributed by atoms with Crippen molar-refractivity contribution in [1.29, 1.82) is 0 Å². The van der Waals surface area contributed by atoms with Crippen LogP contribution in [-0.4, -0.2) is 60.1 Å². The lowest BCUT2D eigenvalue weighted by Gasteiger charge is -2.50. The molecule has 1 saturated carbocycles. The van der Waals surface area contributed by atoms with Crippen LogP contribution in [0.3, 0.4) is 0 Å². The van der Waals surface area contributed by atoms with E-state index in [4.69, 9.17) is 5.11 Å². The van der Waals surface area contributed by atoms with E-state index in [9.17, 15) is 4.79 Å². The molecule has 4 heteroatoms. The van der Waals surface area contributed by atoms with Crippen LogP contribution in [0.1, 0.15) is 32.6 Å². The first-order valence-corrected chi connectivity index (χ1v) is 6.03. The Morgan fingerprint density at radius 1 is 1.38 bits per heavy atom. The maximum absolute atomic E-state index is 11.1. The molecule has 94 valence electrons. The van der Waals surface area contributed by atoms with Crippen molar-refractivity contribution in [1.82, 2.24) is 9.80 Å². The lowest BCUT2D eigenvalue weighted by molar-refractivity contribution is -0.144. The molecular formula is C12H24N2O2. The van der Waals surface area contributed by atoms with Gasteiger partial charge >= 0.3 is 5.97 Å². The topological polar surface area (TPSA) is 43.8 Å². The van der Waals surface area contributed by atoms with Crippen LogP contribution in [0.4, 0.5) is 0 Å². The smallest absolute Gasteiger partial charge is 0.320 e. The van der Waals surface area contributed by atoms with Crippen LogP contribution in [-0.2, 0) is 4.79 Å². The third-order valence-corrected chi connectivity index (χ3v) is 3.98. The number of rotatable bonds is 6. The van der Waals surface area contributed by atoms with E-state index >= 15 is 0 Å². The Balaban J connectivity index is 2.61. The minimum Gasteiger partial charge on any atom is -0.480 e. The quantitative estimate of drug-likeness (QED) is 0.743. The Bertz CT molecular complexity index is 249. The molecule has 4 nitrogen and oxygen atoms in total. The minimum absolute atomic E-state index is 0.206. The predicted octanol–water partition coefficient (Wildman–Crippen LogP) is 1.27. The van der Waals surface area contributed by atoms with Gasteiger partial charge in [-0.2, -0.15) is 0 Å². The molecule has 1 rings (SSSR count). The van der Waals surface area contributed by atoms with Crippen molar-refractivity contribution < 1.29 is 9.90 Å². The molecular weight excluding hydrogens is 204 g/mol. The highest BCUT2D eigenvalue weighted by Crippen LogP contribution is 2.37. The van der Waals surface area contributed by atoms with Gasteiger partial charge in [0.1, 0.15) is 6.04 Å². The van der Waals surface area contributed by atoms with Crippen molar-refractivity contribution in [2.75, 3.05) is 27.7 Å². The average molecular weight is 228 g/mol.